The Morgan fingerprint density at radius 2 is 2.00 bits per heavy atom. The Balaban J connectivity index is 1.56. The summed E-state index contributed by atoms with van der Waals surface area (Å²) < 4.78 is 0. The molecule has 0 amide bonds. The zero-order valence-electron chi connectivity index (χ0n) is 11.1. The lowest BCUT2D eigenvalue weighted by Crippen LogP contribution is -2.38. The van der Waals surface area contributed by atoms with E-state index in [4.69, 9.17) is 4.84 Å². The molecule has 2 fully saturated rings. The number of aliphatic hydroxyl groups is 1. The topological polar surface area (TPSA) is 41.8 Å². The van der Waals surface area contributed by atoms with Crippen molar-refractivity contribution in [3.8, 4) is 0 Å². The van der Waals surface area contributed by atoms with Gasteiger partial charge in [0, 0.05) is 11.8 Å². The van der Waals surface area contributed by atoms with Gasteiger partial charge < -0.3 is 9.94 Å². The van der Waals surface area contributed by atoms with Crippen LogP contribution in [-0.2, 0) is 4.84 Å². The van der Waals surface area contributed by atoms with E-state index in [2.05, 4.69) is 29.4 Å². The van der Waals surface area contributed by atoms with Gasteiger partial charge in [0.25, 0.3) is 0 Å². The number of hydrogen-bond donors (Lipinski definition) is 1. The molecule has 3 nitrogen and oxygen atoms in total. The summed E-state index contributed by atoms with van der Waals surface area (Å²) in [5, 5.41) is 15.0. The molecule has 0 radical (unpaired) electrons. The van der Waals surface area contributed by atoms with Gasteiger partial charge >= 0.3 is 0 Å². The van der Waals surface area contributed by atoms with Crippen molar-refractivity contribution in [3.05, 3.63) is 48.0 Å². The standard InChI is InChI=1S/C17H17NO2/c19-16-12-10-7-4-8-11(10)13(16)17-14(12)15(18-20-17)9-5-2-1-3-6-9/h1-6,8,10-14,16-17,19H,7H2/t10-,11+,12+,13+,14-,16-,17-/m0/s1. The second-order valence-electron chi connectivity index (χ2n) is 6.49. The molecule has 1 heterocycles. The predicted molar refractivity (Wildman–Crippen MR) is 75.1 cm³/mol. The molecule has 1 aromatic rings. The van der Waals surface area contributed by atoms with E-state index >= 15 is 0 Å². The Morgan fingerprint density at radius 3 is 2.85 bits per heavy atom. The highest BCUT2D eigenvalue weighted by Crippen LogP contribution is 2.61. The number of allylic oxidation sites excluding steroid dienone is 2. The van der Waals surface area contributed by atoms with Crippen molar-refractivity contribution in [1.82, 2.24) is 0 Å². The molecule has 0 aromatic heterocycles. The SMILES string of the molecule is O[C@H]1[C@@H]2[C@H]3CC=C[C@H]3[C@H]1[C@@H]1ON=C(c3ccccc3)[C@@H]12. The predicted octanol–water partition coefficient (Wildman–Crippen LogP) is 2.22. The van der Waals surface area contributed by atoms with E-state index in [9.17, 15) is 5.11 Å². The van der Waals surface area contributed by atoms with Gasteiger partial charge in [-0.15, -0.1) is 0 Å². The number of benzene rings is 1. The summed E-state index contributed by atoms with van der Waals surface area (Å²) >= 11 is 0. The first-order valence-corrected chi connectivity index (χ1v) is 7.50. The number of fused-ring (bicyclic) bond motifs is 8. The molecule has 0 saturated heterocycles. The van der Waals surface area contributed by atoms with E-state index < -0.39 is 0 Å². The molecule has 7 atom stereocenters. The van der Waals surface area contributed by atoms with E-state index in [0.29, 0.717) is 17.8 Å². The molecular formula is C17H17NO2. The summed E-state index contributed by atoms with van der Waals surface area (Å²) in [6, 6.07) is 10.3. The molecule has 102 valence electrons. The summed E-state index contributed by atoms with van der Waals surface area (Å²) in [5.41, 5.74) is 2.19. The summed E-state index contributed by atoms with van der Waals surface area (Å²) in [5.74, 6) is 1.91. The third-order valence-electron chi connectivity index (χ3n) is 5.79. The Hall–Kier alpha value is -1.61. The summed E-state index contributed by atoms with van der Waals surface area (Å²) in [6.45, 7) is 0. The van der Waals surface area contributed by atoms with Gasteiger partial charge in [0.2, 0.25) is 0 Å². The number of oxime groups is 1. The van der Waals surface area contributed by atoms with Crippen molar-refractivity contribution in [3.63, 3.8) is 0 Å². The fourth-order valence-electron chi connectivity index (χ4n) is 5.11. The molecule has 5 rings (SSSR count). The van der Waals surface area contributed by atoms with Crippen LogP contribution in [-0.4, -0.2) is 23.0 Å². The van der Waals surface area contributed by atoms with E-state index in [1.165, 1.54) is 0 Å². The van der Waals surface area contributed by atoms with Crippen molar-refractivity contribution >= 4 is 5.71 Å². The number of hydrogen-bond acceptors (Lipinski definition) is 3. The zero-order chi connectivity index (χ0) is 13.3. The minimum Gasteiger partial charge on any atom is -0.392 e. The summed E-state index contributed by atoms with van der Waals surface area (Å²) in [6.07, 6.45) is 5.53. The first-order valence-electron chi connectivity index (χ1n) is 7.50. The molecule has 2 bridgehead atoms. The van der Waals surface area contributed by atoms with Crippen LogP contribution in [0.25, 0.3) is 0 Å². The van der Waals surface area contributed by atoms with Crippen LogP contribution < -0.4 is 0 Å². The van der Waals surface area contributed by atoms with Crippen molar-refractivity contribution < 1.29 is 9.94 Å². The normalized spacial score (nSPS) is 47.0. The first-order chi connectivity index (χ1) is 9.86. The molecule has 0 spiro atoms. The zero-order valence-corrected chi connectivity index (χ0v) is 11.1. The number of aliphatic hydroxyl groups excluding tert-OH is 1. The van der Waals surface area contributed by atoms with Gasteiger partial charge in [-0.25, -0.2) is 0 Å². The van der Waals surface area contributed by atoms with Gasteiger partial charge in [-0.1, -0.05) is 47.6 Å². The van der Waals surface area contributed by atoms with Gasteiger partial charge in [0.15, 0.2) is 0 Å². The Morgan fingerprint density at radius 1 is 1.15 bits per heavy atom. The molecule has 0 unspecified atom stereocenters. The van der Waals surface area contributed by atoms with Crippen molar-refractivity contribution in [2.75, 3.05) is 0 Å². The van der Waals surface area contributed by atoms with Crippen LogP contribution in [0.4, 0.5) is 0 Å². The van der Waals surface area contributed by atoms with Gasteiger partial charge in [-0.3, -0.25) is 0 Å². The molecule has 1 N–H and O–H groups in total. The van der Waals surface area contributed by atoms with Crippen molar-refractivity contribution in [2.24, 2.45) is 34.7 Å². The average molecular weight is 267 g/mol. The summed E-state index contributed by atoms with van der Waals surface area (Å²) in [4.78, 5) is 5.75. The number of rotatable bonds is 1. The third-order valence-corrected chi connectivity index (χ3v) is 5.79. The molecular weight excluding hydrogens is 250 g/mol. The highest BCUT2D eigenvalue weighted by atomic mass is 16.6. The molecule has 3 aliphatic carbocycles. The average Bonchev–Trinajstić information content (AvgIpc) is 3.18. The van der Waals surface area contributed by atoms with Gasteiger partial charge in [0.1, 0.15) is 6.10 Å². The minimum absolute atomic E-state index is 0.0780. The van der Waals surface area contributed by atoms with E-state index in [1.807, 2.05) is 18.2 Å². The van der Waals surface area contributed by atoms with Gasteiger partial charge in [-0.05, 0) is 23.8 Å². The molecule has 4 aliphatic rings. The largest absolute Gasteiger partial charge is 0.392 e. The van der Waals surface area contributed by atoms with Crippen LogP contribution in [0.1, 0.15) is 12.0 Å². The fourth-order valence-corrected chi connectivity index (χ4v) is 5.11. The van der Waals surface area contributed by atoms with Crippen LogP contribution in [0.15, 0.2) is 47.6 Å². The fraction of sp³-hybridized carbons (Fsp3) is 0.471. The van der Waals surface area contributed by atoms with Crippen molar-refractivity contribution in [1.29, 1.82) is 0 Å². The molecule has 1 aliphatic heterocycles. The lowest BCUT2D eigenvalue weighted by atomic mass is 9.71. The molecule has 2 saturated carbocycles. The number of nitrogens with zero attached hydrogens (tertiary/aromatic N) is 1. The maximum Gasteiger partial charge on any atom is 0.142 e. The molecule has 20 heavy (non-hydrogen) atoms. The van der Waals surface area contributed by atoms with Gasteiger partial charge in [-0.2, -0.15) is 0 Å². The van der Waals surface area contributed by atoms with Crippen LogP contribution >= 0.6 is 0 Å². The van der Waals surface area contributed by atoms with E-state index in [-0.39, 0.29) is 24.0 Å². The van der Waals surface area contributed by atoms with Crippen LogP contribution in [0.3, 0.4) is 0 Å². The lowest BCUT2D eigenvalue weighted by Gasteiger charge is -2.31. The van der Waals surface area contributed by atoms with E-state index in [0.717, 1.165) is 17.7 Å². The van der Waals surface area contributed by atoms with Crippen LogP contribution in [0, 0.1) is 29.6 Å². The maximum atomic E-state index is 10.6. The first kappa shape index (κ1) is 11.1. The second kappa shape index (κ2) is 3.73. The lowest BCUT2D eigenvalue weighted by molar-refractivity contribution is -0.00616. The minimum atomic E-state index is -0.223. The summed E-state index contributed by atoms with van der Waals surface area (Å²) in [7, 11) is 0. The quantitative estimate of drug-likeness (QED) is 0.793. The van der Waals surface area contributed by atoms with Crippen LogP contribution in [0.2, 0.25) is 0 Å². The second-order valence-corrected chi connectivity index (χ2v) is 6.49. The smallest absolute Gasteiger partial charge is 0.142 e. The van der Waals surface area contributed by atoms with E-state index in [1.54, 1.807) is 0 Å². The van der Waals surface area contributed by atoms with Crippen LogP contribution in [0.5, 0.6) is 0 Å². The molecule has 1 aromatic carbocycles. The van der Waals surface area contributed by atoms with Gasteiger partial charge in [0.05, 0.1) is 17.7 Å². The third kappa shape index (κ3) is 1.18. The Labute approximate surface area is 117 Å². The highest BCUT2D eigenvalue weighted by molar-refractivity contribution is 6.03. The Kier molecular flexibility index (Phi) is 2.07. The highest BCUT2D eigenvalue weighted by Gasteiger charge is 2.67. The maximum absolute atomic E-state index is 10.6. The molecule has 3 heteroatoms. The Bertz CT molecular complexity index is 609. The van der Waals surface area contributed by atoms with Crippen molar-refractivity contribution in [2.45, 2.75) is 18.6 Å². The monoisotopic (exact) mass is 267 g/mol.